The van der Waals surface area contributed by atoms with E-state index < -0.39 is 0 Å². The number of nitrogens with one attached hydrogen (secondary N) is 1. The van der Waals surface area contributed by atoms with Gasteiger partial charge in [0.05, 0.1) is 5.69 Å². The van der Waals surface area contributed by atoms with Crippen molar-refractivity contribution in [3.63, 3.8) is 0 Å². The molecule has 1 unspecified atom stereocenters. The molecule has 0 amide bonds. The summed E-state index contributed by atoms with van der Waals surface area (Å²) in [5.74, 6) is 0. The van der Waals surface area contributed by atoms with E-state index in [-0.39, 0.29) is 5.54 Å². The molecule has 0 radical (unpaired) electrons. The normalized spacial score (nSPS) is 13.8. The smallest absolute Gasteiger partial charge is 0.0547 e. The Hall–Kier alpha value is -0.930. The van der Waals surface area contributed by atoms with E-state index >= 15 is 0 Å². The van der Waals surface area contributed by atoms with Crippen LogP contribution >= 0.6 is 0 Å². The first-order chi connectivity index (χ1) is 9.28. The molecule has 0 aliphatic rings. The minimum Gasteiger partial charge on any atom is -0.312 e. The standard InChI is InChI=1S/C17H31N3/c1-14-9-7-11-16(19-14)13-20(6)15(2)10-8-12-18-17(3,4)5/h7,9,11,15,18H,8,10,12-13H2,1-6H3. The second kappa shape index (κ2) is 7.75. The molecule has 0 saturated heterocycles. The van der Waals surface area contributed by atoms with E-state index in [2.05, 4.69) is 62.1 Å². The van der Waals surface area contributed by atoms with Crippen molar-refractivity contribution < 1.29 is 0 Å². The third kappa shape index (κ3) is 7.01. The topological polar surface area (TPSA) is 28.2 Å². The Kier molecular flexibility index (Phi) is 6.63. The molecule has 0 aliphatic heterocycles. The lowest BCUT2D eigenvalue weighted by molar-refractivity contribution is 0.230. The number of aryl methyl sites for hydroxylation is 1. The van der Waals surface area contributed by atoms with Gasteiger partial charge in [0, 0.05) is 23.8 Å². The molecule has 0 aromatic carbocycles. The lowest BCUT2D eigenvalue weighted by Crippen LogP contribution is -2.37. The first kappa shape index (κ1) is 17.1. The minimum atomic E-state index is 0.223. The molecule has 3 heteroatoms. The van der Waals surface area contributed by atoms with Crippen LogP contribution in [0.5, 0.6) is 0 Å². The molecule has 114 valence electrons. The highest BCUT2D eigenvalue weighted by atomic mass is 15.1. The third-order valence-electron chi connectivity index (χ3n) is 3.56. The fourth-order valence-corrected chi connectivity index (χ4v) is 2.18. The summed E-state index contributed by atoms with van der Waals surface area (Å²) in [5.41, 5.74) is 2.48. The molecule has 1 heterocycles. The van der Waals surface area contributed by atoms with Crippen molar-refractivity contribution in [1.82, 2.24) is 15.2 Å². The van der Waals surface area contributed by atoms with E-state index in [4.69, 9.17) is 0 Å². The highest BCUT2D eigenvalue weighted by Crippen LogP contribution is 2.09. The maximum atomic E-state index is 4.57. The van der Waals surface area contributed by atoms with Crippen LogP contribution in [0.15, 0.2) is 18.2 Å². The van der Waals surface area contributed by atoms with Gasteiger partial charge in [0.2, 0.25) is 0 Å². The second-order valence-corrected chi connectivity index (χ2v) is 6.85. The quantitative estimate of drug-likeness (QED) is 0.774. The molecule has 0 fully saturated rings. The summed E-state index contributed by atoms with van der Waals surface area (Å²) < 4.78 is 0. The van der Waals surface area contributed by atoms with Gasteiger partial charge in [-0.2, -0.15) is 0 Å². The van der Waals surface area contributed by atoms with Crippen LogP contribution in [0.25, 0.3) is 0 Å². The Balaban J connectivity index is 2.30. The Labute approximate surface area is 124 Å². The number of aromatic nitrogens is 1. The van der Waals surface area contributed by atoms with Crippen molar-refractivity contribution in [2.75, 3.05) is 13.6 Å². The van der Waals surface area contributed by atoms with Gasteiger partial charge in [0.15, 0.2) is 0 Å². The van der Waals surface area contributed by atoms with Crippen LogP contribution in [0.2, 0.25) is 0 Å². The molecule has 20 heavy (non-hydrogen) atoms. The molecule has 1 rings (SSSR count). The predicted octanol–water partition coefficient (Wildman–Crippen LogP) is 3.38. The van der Waals surface area contributed by atoms with Gasteiger partial charge >= 0.3 is 0 Å². The molecule has 1 aromatic heterocycles. The second-order valence-electron chi connectivity index (χ2n) is 6.85. The zero-order valence-electron chi connectivity index (χ0n) is 14.0. The maximum absolute atomic E-state index is 4.57. The van der Waals surface area contributed by atoms with Gasteiger partial charge in [-0.15, -0.1) is 0 Å². The first-order valence-electron chi connectivity index (χ1n) is 7.66. The number of hydrogen-bond acceptors (Lipinski definition) is 3. The van der Waals surface area contributed by atoms with Crippen LogP contribution in [0.3, 0.4) is 0 Å². The van der Waals surface area contributed by atoms with Gasteiger partial charge in [-0.3, -0.25) is 9.88 Å². The van der Waals surface area contributed by atoms with Crippen LogP contribution in [0, 0.1) is 6.92 Å². The molecule has 0 saturated carbocycles. The largest absolute Gasteiger partial charge is 0.312 e. The van der Waals surface area contributed by atoms with Crippen LogP contribution in [0.4, 0.5) is 0 Å². The van der Waals surface area contributed by atoms with Crippen molar-refractivity contribution >= 4 is 0 Å². The lowest BCUT2D eigenvalue weighted by Gasteiger charge is -2.26. The number of rotatable bonds is 7. The fraction of sp³-hybridized carbons (Fsp3) is 0.706. The Morgan fingerprint density at radius 1 is 1.30 bits per heavy atom. The van der Waals surface area contributed by atoms with E-state index in [0.717, 1.165) is 24.5 Å². The monoisotopic (exact) mass is 277 g/mol. The molecule has 0 spiro atoms. The number of pyridine rings is 1. The van der Waals surface area contributed by atoms with Crippen LogP contribution in [-0.2, 0) is 6.54 Å². The Morgan fingerprint density at radius 3 is 2.60 bits per heavy atom. The molecule has 0 aliphatic carbocycles. The van der Waals surface area contributed by atoms with Crippen LogP contribution in [-0.4, -0.2) is 35.1 Å². The summed E-state index contributed by atoms with van der Waals surface area (Å²) in [6.07, 6.45) is 2.43. The summed E-state index contributed by atoms with van der Waals surface area (Å²) in [4.78, 5) is 6.96. The van der Waals surface area contributed by atoms with Gasteiger partial charge in [0.25, 0.3) is 0 Å². The van der Waals surface area contributed by atoms with Crippen molar-refractivity contribution in [2.45, 2.75) is 65.6 Å². The predicted molar refractivity (Wildman–Crippen MR) is 86.9 cm³/mol. The van der Waals surface area contributed by atoms with E-state index in [9.17, 15) is 0 Å². The number of nitrogens with zero attached hydrogens (tertiary/aromatic N) is 2. The van der Waals surface area contributed by atoms with Gasteiger partial charge in [-0.1, -0.05) is 6.07 Å². The van der Waals surface area contributed by atoms with E-state index in [0.29, 0.717) is 6.04 Å². The summed E-state index contributed by atoms with van der Waals surface area (Å²) in [6, 6.07) is 6.82. The average Bonchev–Trinajstić information content (AvgIpc) is 2.33. The fourth-order valence-electron chi connectivity index (χ4n) is 2.18. The average molecular weight is 277 g/mol. The van der Waals surface area contributed by atoms with Crippen LogP contribution < -0.4 is 5.32 Å². The summed E-state index contributed by atoms with van der Waals surface area (Å²) in [5, 5.41) is 3.54. The Bertz CT molecular complexity index is 395. The zero-order valence-corrected chi connectivity index (χ0v) is 14.0. The van der Waals surface area contributed by atoms with Crippen molar-refractivity contribution in [3.8, 4) is 0 Å². The molecule has 0 bridgehead atoms. The molecule has 3 nitrogen and oxygen atoms in total. The Morgan fingerprint density at radius 2 is 2.00 bits per heavy atom. The van der Waals surface area contributed by atoms with Crippen molar-refractivity contribution in [2.24, 2.45) is 0 Å². The molecule has 1 aromatic rings. The summed E-state index contributed by atoms with van der Waals surface area (Å²) in [6.45, 7) is 13.0. The molecular formula is C17H31N3. The van der Waals surface area contributed by atoms with Gasteiger partial charge in [0.1, 0.15) is 0 Å². The van der Waals surface area contributed by atoms with Crippen LogP contribution in [0.1, 0.15) is 51.9 Å². The SMILES string of the molecule is Cc1cccc(CN(C)C(C)CCCNC(C)(C)C)n1. The van der Waals surface area contributed by atoms with Gasteiger partial charge < -0.3 is 5.32 Å². The van der Waals surface area contributed by atoms with Gasteiger partial charge in [-0.05, 0) is 73.2 Å². The van der Waals surface area contributed by atoms with E-state index in [1.54, 1.807) is 0 Å². The van der Waals surface area contributed by atoms with E-state index in [1.165, 1.54) is 12.8 Å². The lowest BCUT2D eigenvalue weighted by atomic mass is 10.1. The van der Waals surface area contributed by atoms with E-state index in [1.807, 2.05) is 13.0 Å². The molecular weight excluding hydrogens is 246 g/mol. The third-order valence-corrected chi connectivity index (χ3v) is 3.56. The molecule has 1 N–H and O–H groups in total. The highest BCUT2D eigenvalue weighted by molar-refractivity contribution is 5.09. The van der Waals surface area contributed by atoms with Crippen molar-refractivity contribution in [1.29, 1.82) is 0 Å². The summed E-state index contributed by atoms with van der Waals surface area (Å²) >= 11 is 0. The van der Waals surface area contributed by atoms with Crippen molar-refractivity contribution in [3.05, 3.63) is 29.6 Å². The maximum Gasteiger partial charge on any atom is 0.0547 e. The summed E-state index contributed by atoms with van der Waals surface area (Å²) in [7, 11) is 2.19. The molecule has 1 atom stereocenters. The minimum absolute atomic E-state index is 0.223. The first-order valence-corrected chi connectivity index (χ1v) is 7.66. The highest BCUT2D eigenvalue weighted by Gasteiger charge is 2.12. The number of hydrogen-bond donors (Lipinski definition) is 1. The van der Waals surface area contributed by atoms with Gasteiger partial charge in [-0.25, -0.2) is 0 Å². The zero-order chi connectivity index (χ0) is 15.2.